The second kappa shape index (κ2) is 10.3. The maximum absolute atomic E-state index is 14.2. The zero-order valence-electron chi connectivity index (χ0n) is 19.6. The Bertz CT molecular complexity index is 1410. The first-order valence-corrected chi connectivity index (χ1v) is 11.1. The fourth-order valence-electron chi connectivity index (χ4n) is 3.70. The molecule has 0 aliphatic heterocycles. The number of aryl methyl sites for hydroxylation is 1. The van der Waals surface area contributed by atoms with Crippen LogP contribution in [-0.2, 0) is 11.2 Å². The van der Waals surface area contributed by atoms with E-state index >= 15 is 0 Å². The molecule has 0 spiro atoms. The van der Waals surface area contributed by atoms with E-state index in [0.29, 0.717) is 16.8 Å². The molecule has 4 aromatic rings. The van der Waals surface area contributed by atoms with Gasteiger partial charge < -0.3 is 21.3 Å². The number of benzene rings is 2. The van der Waals surface area contributed by atoms with Gasteiger partial charge in [-0.2, -0.15) is 23.3 Å². The molecule has 0 saturated carbocycles. The van der Waals surface area contributed by atoms with Crippen molar-refractivity contribution in [3.05, 3.63) is 83.7 Å². The van der Waals surface area contributed by atoms with Gasteiger partial charge in [-0.05, 0) is 31.0 Å². The number of carboxylic acids is 1. The molecule has 5 N–H and O–H groups in total. The highest BCUT2D eigenvalue weighted by Gasteiger charge is 2.45. The van der Waals surface area contributed by atoms with Crippen molar-refractivity contribution in [2.45, 2.75) is 31.7 Å². The number of nitrogens with zero attached hydrogens (tertiary/aromatic N) is 4. The molecule has 37 heavy (non-hydrogen) atoms. The first-order chi connectivity index (χ1) is 17.5. The number of hydrogen-bond acceptors (Lipinski definition) is 7. The Kier molecular flexibility index (Phi) is 7.11. The van der Waals surface area contributed by atoms with E-state index in [9.17, 15) is 18.0 Å². The maximum Gasteiger partial charge on any atom is 0.429 e. The fourth-order valence-corrected chi connectivity index (χ4v) is 3.70. The minimum Gasteiger partial charge on any atom is -0.480 e. The highest BCUT2D eigenvalue weighted by Crippen LogP contribution is 2.39. The summed E-state index contributed by atoms with van der Waals surface area (Å²) >= 11 is 0. The first-order valence-electron chi connectivity index (χ1n) is 11.1. The Balaban J connectivity index is 1.66. The van der Waals surface area contributed by atoms with Crippen LogP contribution in [0, 0.1) is 6.92 Å². The summed E-state index contributed by atoms with van der Waals surface area (Å²) in [6, 6.07) is 14.4. The van der Waals surface area contributed by atoms with Gasteiger partial charge in [-0.15, -0.1) is 0 Å². The average Bonchev–Trinajstić information content (AvgIpc) is 3.28. The number of rotatable bonds is 8. The summed E-state index contributed by atoms with van der Waals surface area (Å²) in [5.41, 5.74) is 13.5. The summed E-state index contributed by atoms with van der Waals surface area (Å²) in [7, 11) is 0. The van der Waals surface area contributed by atoms with Crippen molar-refractivity contribution in [1.82, 2.24) is 19.7 Å². The van der Waals surface area contributed by atoms with Crippen molar-refractivity contribution in [1.29, 1.82) is 0 Å². The van der Waals surface area contributed by atoms with E-state index in [0.717, 1.165) is 0 Å². The van der Waals surface area contributed by atoms with Gasteiger partial charge in [0.05, 0.1) is 17.1 Å². The van der Waals surface area contributed by atoms with Crippen LogP contribution >= 0.6 is 0 Å². The van der Waals surface area contributed by atoms with E-state index in [2.05, 4.69) is 15.1 Å². The quantitative estimate of drug-likeness (QED) is 0.323. The molecule has 0 bridgehead atoms. The number of alkyl halides is 3. The number of aromatic nitrogens is 4. The number of para-hydroxylation sites is 1. The second-order valence-corrected chi connectivity index (χ2v) is 8.30. The smallest absolute Gasteiger partial charge is 0.429 e. The van der Waals surface area contributed by atoms with Gasteiger partial charge in [0.1, 0.15) is 6.04 Å². The number of nitrogens with two attached hydrogens (primary N) is 2. The lowest BCUT2D eigenvalue weighted by atomic mass is 10.0. The number of anilines is 1. The maximum atomic E-state index is 14.2. The molecule has 4 rings (SSSR count). The van der Waals surface area contributed by atoms with Gasteiger partial charge in [0.15, 0.2) is 0 Å². The number of hydrogen-bond donors (Lipinski definition) is 3. The molecular weight excluding hydrogens is 489 g/mol. The zero-order chi connectivity index (χ0) is 26.7. The van der Waals surface area contributed by atoms with Crippen LogP contribution in [-0.4, -0.2) is 43.0 Å². The summed E-state index contributed by atoms with van der Waals surface area (Å²) in [6.07, 6.45) is -5.48. The van der Waals surface area contributed by atoms with Crippen LogP contribution in [0.1, 0.15) is 22.9 Å². The summed E-state index contributed by atoms with van der Waals surface area (Å²) in [4.78, 5) is 18.9. The topological polar surface area (TPSA) is 142 Å². The molecule has 0 fully saturated rings. The lowest BCUT2D eigenvalue weighted by molar-refractivity contribution is -0.198. The number of ether oxygens (including phenoxy) is 1. The molecule has 0 aliphatic carbocycles. The SMILES string of the molecule is Cc1ccn(-c2ccccc2C(Oc2cc(-c3ccc(C[C@H](N)C(=O)O)cc3)nc(N)n2)C(F)(F)F)n1. The molecule has 9 nitrogen and oxygen atoms in total. The van der Waals surface area contributed by atoms with Gasteiger partial charge in [0.2, 0.25) is 17.9 Å². The Labute approximate surface area is 209 Å². The molecule has 12 heteroatoms. The molecule has 2 aromatic carbocycles. The molecule has 0 saturated heterocycles. The number of aliphatic carboxylic acids is 1. The molecule has 1 unspecified atom stereocenters. The summed E-state index contributed by atoms with van der Waals surface area (Å²) in [6.45, 7) is 1.73. The number of nitrogen functional groups attached to an aromatic ring is 1. The Hall–Kier alpha value is -4.45. The van der Waals surface area contributed by atoms with E-state index in [4.69, 9.17) is 21.3 Å². The van der Waals surface area contributed by atoms with E-state index in [-0.39, 0.29) is 35.2 Å². The van der Waals surface area contributed by atoms with E-state index in [1.54, 1.807) is 49.5 Å². The molecule has 2 atom stereocenters. The third-order valence-corrected chi connectivity index (χ3v) is 5.47. The van der Waals surface area contributed by atoms with Crippen LogP contribution in [0.5, 0.6) is 5.88 Å². The second-order valence-electron chi connectivity index (χ2n) is 8.30. The number of carboxylic acid groups (broad SMARTS) is 1. The van der Waals surface area contributed by atoms with Crippen LogP contribution in [0.3, 0.4) is 0 Å². The summed E-state index contributed by atoms with van der Waals surface area (Å²) < 4.78 is 49.5. The lowest BCUT2D eigenvalue weighted by Gasteiger charge is -2.24. The predicted molar refractivity (Wildman–Crippen MR) is 129 cm³/mol. The molecule has 2 heterocycles. The highest BCUT2D eigenvalue weighted by atomic mass is 19.4. The Morgan fingerprint density at radius 3 is 2.43 bits per heavy atom. The number of halogens is 3. The Morgan fingerprint density at radius 1 is 1.11 bits per heavy atom. The van der Waals surface area contributed by atoms with Gasteiger partial charge in [-0.25, -0.2) is 9.67 Å². The van der Waals surface area contributed by atoms with Crippen molar-refractivity contribution in [3.63, 3.8) is 0 Å². The number of carbonyl (C=O) groups is 1. The standard InChI is InChI=1S/C25H23F3N6O3/c1-14-10-11-34(33-14)20-5-3-2-4-17(20)22(25(26,27)28)37-21-13-19(31-24(30)32-21)16-8-6-15(7-9-16)12-18(29)23(35)36/h2-11,13,18,22H,12,29H2,1H3,(H,35,36)(H2,30,31,32)/t18-,22?/m0/s1. The van der Waals surface area contributed by atoms with E-state index in [1.165, 1.54) is 28.9 Å². The zero-order valence-corrected chi connectivity index (χ0v) is 19.6. The third-order valence-electron chi connectivity index (χ3n) is 5.47. The van der Waals surface area contributed by atoms with Gasteiger partial charge in [-0.3, -0.25) is 4.79 Å². The monoisotopic (exact) mass is 512 g/mol. The van der Waals surface area contributed by atoms with E-state index in [1.807, 2.05) is 0 Å². The van der Waals surface area contributed by atoms with Gasteiger partial charge in [0, 0.05) is 23.4 Å². The van der Waals surface area contributed by atoms with Crippen LogP contribution in [0.25, 0.3) is 16.9 Å². The largest absolute Gasteiger partial charge is 0.480 e. The molecule has 2 aromatic heterocycles. The van der Waals surface area contributed by atoms with Gasteiger partial charge in [0.25, 0.3) is 0 Å². The minimum absolute atomic E-state index is 0.109. The van der Waals surface area contributed by atoms with Crippen LogP contribution in [0.4, 0.5) is 19.1 Å². The summed E-state index contributed by atoms with van der Waals surface area (Å²) in [5.74, 6) is -1.77. The minimum atomic E-state index is -4.79. The van der Waals surface area contributed by atoms with Crippen LogP contribution in [0.2, 0.25) is 0 Å². The van der Waals surface area contributed by atoms with Crippen LogP contribution in [0.15, 0.2) is 66.9 Å². The van der Waals surface area contributed by atoms with Gasteiger partial charge in [-0.1, -0.05) is 42.5 Å². The summed E-state index contributed by atoms with van der Waals surface area (Å²) in [5, 5.41) is 13.2. The normalized spacial score (nSPS) is 13.2. The van der Waals surface area contributed by atoms with Crippen molar-refractivity contribution < 1.29 is 27.8 Å². The highest BCUT2D eigenvalue weighted by molar-refractivity contribution is 5.73. The molecule has 0 aliphatic rings. The average molecular weight is 512 g/mol. The van der Waals surface area contributed by atoms with Crippen molar-refractivity contribution in [2.24, 2.45) is 5.73 Å². The predicted octanol–water partition coefficient (Wildman–Crippen LogP) is 3.86. The fraction of sp³-hybridized carbons (Fsp3) is 0.200. The Morgan fingerprint density at radius 2 is 1.81 bits per heavy atom. The third kappa shape index (κ3) is 6.04. The lowest BCUT2D eigenvalue weighted by Crippen LogP contribution is -2.32. The van der Waals surface area contributed by atoms with Gasteiger partial charge >= 0.3 is 12.1 Å². The van der Waals surface area contributed by atoms with Crippen molar-refractivity contribution >= 4 is 11.9 Å². The van der Waals surface area contributed by atoms with Crippen molar-refractivity contribution in [2.75, 3.05) is 5.73 Å². The molecule has 0 amide bonds. The van der Waals surface area contributed by atoms with E-state index < -0.39 is 24.3 Å². The molecular formula is C25H23F3N6O3. The van der Waals surface area contributed by atoms with Crippen molar-refractivity contribution in [3.8, 4) is 22.8 Å². The molecule has 0 radical (unpaired) electrons. The van der Waals surface area contributed by atoms with Crippen LogP contribution < -0.4 is 16.2 Å². The molecule has 192 valence electrons. The first kappa shape index (κ1) is 25.6.